The zero-order valence-electron chi connectivity index (χ0n) is 10.0. The van der Waals surface area contributed by atoms with Crippen molar-refractivity contribution in [3.05, 3.63) is 48.3 Å². The highest BCUT2D eigenvalue weighted by Crippen LogP contribution is 2.04. The third kappa shape index (κ3) is 5.15. The Labute approximate surface area is 101 Å². The van der Waals surface area contributed by atoms with Crippen LogP contribution in [0.25, 0.3) is 0 Å². The zero-order valence-corrected chi connectivity index (χ0v) is 10.0. The summed E-state index contributed by atoms with van der Waals surface area (Å²) in [4.78, 5) is 4.34. The monoisotopic (exact) mass is 235 g/mol. The van der Waals surface area contributed by atoms with Gasteiger partial charge < -0.3 is 10.6 Å². The first-order valence-corrected chi connectivity index (χ1v) is 5.63. The summed E-state index contributed by atoms with van der Waals surface area (Å²) in [6.45, 7) is 7.50. The molecule has 0 saturated heterocycles. The molecular formula is C13H18FN3. The summed E-state index contributed by atoms with van der Waals surface area (Å²) >= 11 is 0. The number of rotatable bonds is 5. The molecule has 0 amide bonds. The van der Waals surface area contributed by atoms with Crippen molar-refractivity contribution in [3.8, 4) is 0 Å². The minimum atomic E-state index is -0.234. The van der Waals surface area contributed by atoms with E-state index < -0.39 is 0 Å². The van der Waals surface area contributed by atoms with Crippen LogP contribution in [0.15, 0.2) is 41.9 Å². The van der Waals surface area contributed by atoms with Gasteiger partial charge in [-0.3, -0.25) is 0 Å². The largest absolute Gasteiger partial charge is 0.357 e. The Bertz CT molecular complexity index is 388. The molecule has 1 rings (SSSR count). The van der Waals surface area contributed by atoms with E-state index in [1.807, 2.05) is 13.0 Å². The summed E-state index contributed by atoms with van der Waals surface area (Å²) < 4.78 is 12.9. The van der Waals surface area contributed by atoms with Crippen molar-refractivity contribution >= 4 is 5.96 Å². The molecule has 1 aromatic carbocycles. The Hall–Kier alpha value is -1.84. The fraction of sp³-hybridized carbons (Fsp3) is 0.308. The Morgan fingerprint density at radius 1 is 1.47 bits per heavy atom. The molecule has 2 N–H and O–H groups in total. The van der Waals surface area contributed by atoms with Crippen LogP contribution in [-0.4, -0.2) is 19.0 Å². The summed E-state index contributed by atoms with van der Waals surface area (Å²) in [5, 5.41) is 6.18. The maximum atomic E-state index is 12.9. The molecule has 0 heterocycles. The third-order valence-electron chi connectivity index (χ3n) is 2.07. The van der Waals surface area contributed by atoms with E-state index in [2.05, 4.69) is 22.2 Å². The Morgan fingerprint density at radius 3 is 2.94 bits per heavy atom. The van der Waals surface area contributed by atoms with Gasteiger partial charge in [-0.2, -0.15) is 0 Å². The highest BCUT2D eigenvalue weighted by molar-refractivity contribution is 5.79. The standard InChI is InChI=1S/C13H18FN3/c1-3-8-16-13(15-4-2)17-10-11-6-5-7-12(14)9-11/h3,5-7,9H,1,4,8,10H2,2H3,(H2,15,16,17). The van der Waals surface area contributed by atoms with E-state index in [9.17, 15) is 4.39 Å². The molecule has 0 aliphatic heterocycles. The molecule has 0 atom stereocenters. The molecule has 0 unspecified atom stereocenters. The number of nitrogens with one attached hydrogen (secondary N) is 2. The van der Waals surface area contributed by atoms with E-state index in [0.29, 0.717) is 19.0 Å². The quantitative estimate of drug-likeness (QED) is 0.465. The van der Waals surface area contributed by atoms with Gasteiger partial charge in [0, 0.05) is 13.1 Å². The first kappa shape index (κ1) is 13.2. The van der Waals surface area contributed by atoms with Gasteiger partial charge in [-0.15, -0.1) is 6.58 Å². The van der Waals surface area contributed by atoms with Crippen LogP contribution < -0.4 is 10.6 Å². The highest BCUT2D eigenvalue weighted by atomic mass is 19.1. The van der Waals surface area contributed by atoms with Gasteiger partial charge in [-0.05, 0) is 24.6 Å². The summed E-state index contributed by atoms with van der Waals surface area (Å²) in [5.74, 6) is 0.471. The average Bonchev–Trinajstić information content (AvgIpc) is 2.33. The van der Waals surface area contributed by atoms with E-state index in [1.165, 1.54) is 12.1 Å². The molecule has 0 aromatic heterocycles. The lowest BCUT2D eigenvalue weighted by Gasteiger charge is -2.09. The molecule has 92 valence electrons. The lowest BCUT2D eigenvalue weighted by Crippen LogP contribution is -2.37. The fourth-order valence-corrected chi connectivity index (χ4v) is 1.32. The Kier molecular flexibility index (Phi) is 5.79. The molecule has 0 radical (unpaired) electrons. The van der Waals surface area contributed by atoms with Crippen LogP contribution in [0.5, 0.6) is 0 Å². The third-order valence-corrected chi connectivity index (χ3v) is 2.07. The second-order valence-corrected chi connectivity index (χ2v) is 3.49. The Morgan fingerprint density at radius 2 is 2.29 bits per heavy atom. The van der Waals surface area contributed by atoms with Crippen LogP contribution in [0.2, 0.25) is 0 Å². The SMILES string of the molecule is C=CCNC(=NCc1cccc(F)c1)NCC. The molecule has 17 heavy (non-hydrogen) atoms. The van der Waals surface area contributed by atoms with E-state index in [1.54, 1.807) is 12.1 Å². The lowest BCUT2D eigenvalue weighted by atomic mass is 10.2. The van der Waals surface area contributed by atoms with Crippen LogP contribution >= 0.6 is 0 Å². The van der Waals surface area contributed by atoms with Gasteiger partial charge >= 0.3 is 0 Å². The van der Waals surface area contributed by atoms with E-state index in [4.69, 9.17) is 0 Å². The van der Waals surface area contributed by atoms with Crippen molar-refractivity contribution in [3.63, 3.8) is 0 Å². The van der Waals surface area contributed by atoms with Crippen LogP contribution in [0.4, 0.5) is 4.39 Å². The van der Waals surface area contributed by atoms with Crippen LogP contribution in [-0.2, 0) is 6.54 Å². The van der Waals surface area contributed by atoms with Crippen LogP contribution in [0.3, 0.4) is 0 Å². The van der Waals surface area contributed by atoms with Gasteiger partial charge in [0.05, 0.1) is 6.54 Å². The summed E-state index contributed by atoms with van der Waals surface area (Å²) in [7, 11) is 0. The molecule has 4 heteroatoms. The minimum absolute atomic E-state index is 0.234. The number of hydrogen-bond donors (Lipinski definition) is 2. The van der Waals surface area contributed by atoms with Gasteiger partial charge in [0.1, 0.15) is 5.82 Å². The van der Waals surface area contributed by atoms with Gasteiger partial charge in [-0.25, -0.2) is 9.38 Å². The van der Waals surface area contributed by atoms with E-state index in [-0.39, 0.29) is 5.82 Å². The van der Waals surface area contributed by atoms with Gasteiger partial charge in [-0.1, -0.05) is 18.2 Å². The number of hydrogen-bond acceptors (Lipinski definition) is 1. The Balaban J connectivity index is 2.61. The molecule has 0 saturated carbocycles. The second kappa shape index (κ2) is 7.44. The molecule has 0 fully saturated rings. The van der Waals surface area contributed by atoms with Crippen molar-refractivity contribution in [1.82, 2.24) is 10.6 Å². The van der Waals surface area contributed by atoms with E-state index in [0.717, 1.165) is 12.1 Å². The highest BCUT2D eigenvalue weighted by Gasteiger charge is 1.97. The number of nitrogens with zero attached hydrogens (tertiary/aromatic N) is 1. The predicted octanol–water partition coefficient (Wildman–Crippen LogP) is 2.07. The smallest absolute Gasteiger partial charge is 0.191 e. The molecule has 0 aliphatic rings. The number of halogens is 1. The van der Waals surface area contributed by atoms with Crippen molar-refractivity contribution in [2.45, 2.75) is 13.5 Å². The lowest BCUT2D eigenvalue weighted by molar-refractivity contribution is 0.625. The zero-order chi connectivity index (χ0) is 12.5. The van der Waals surface area contributed by atoms with Crippen molar-refractivity contribution in [2.75, 3.05) is 13.1 Å². The molecule has 0 bridgehead atoms. The average molecular weight is 235 g/mol. The second-order valence-electron chi connectivity index (χ2n) is 3.49. The van der Waals surface area contributed by atoms with Crippen LogP contribution in [0.1, 0.15) is 12.5 Å². The van der Waals surface area contributed by atoms with Gasteiger partial charge in [0.15, 0.2) is 5.96 Å². The molecule has 0 aliphatic carbocycles. The van der Waals surface area contributed by atoms with Crippen molar-refractivity contribution in [1.29, 1.82) is 0 Å². The molecular weight excluding hydrogens is 217 g/mol. The maximum absolute atomic E-state index is 12.9. The first-order chi connectivity index (χ1) is 8.26. The minimum Gasteiger partial charge on any atom is -0.357 e. The predicted molar refractivity (Wildman–Crippen MR) is 69.4 cm³/mol. The van der Waals surface area contributed by atoms with E-state index >= 15 is 0 Å². The first-order valence-electron chi connectivity index (χ1n) is 5.63. The number of aliphatic imine (C=N–C) groups is 1. The summed E-state index contributed by atoms with van der Waals surface area (Å²) in [6.07, 6.45) is 1.76. The molecule has 0 spiro atoms. The van der Waals surface area contributed by atoms with Gasteiger partial charge in [0.25, 0.3) is 0 Å². The summed E-state index contributed by atoms with van der Waals surface area (Å²) in [6, 6.07) is 6.45. The summed E-state index contributed by atoms with van der Waals surface area (Å²) in [5.41, 5.74) is 0.848. The fourth-order valence-electron chi connectivity index (χ4n) is 1.32. The normalized spacial score (nSPS) is 11.1. The molecule has 1 aromatic rings. The van der Waals surface area contributed by atoms with Crippen molar-refractivity contribution < 1.29 is 4.39 Å². The van der Waals surface area contributed by atoms with Crippen LogP contribution in [0, 0.1) is 5.82 Å². The number of benzene rings is 1. The number of guanidine groups is 1. The maximum Gasteiger partial charge on any atom is 0.191 e. The van der Waals surface area contributed by atoms with Gasteiger partial charge in [0.2, 0.25) is 0 Å². The molecule has 3 nitrogen and oxygen atoms in total. The van der Waals surface area contributed by atoms with Crippen molar-refractivity contribution in [2.24, 2.45) is 4.99 Å². The topological polar surface area (TPSA) is 36.4 Å².